The molecule has 0 amide bonds. The van der Waals surface area contributed by atoms with Crippen LogP contribution in [0.15, 0.2) is 23.1 Å². The van der Waals surface area contributed by atoms with Crippen molar-refractivity contribution in [1.82, 2.24) is 10.2 Å². The molecule has 0 aliphatic carbocycles. The van der Waals surface area contributed by atoms with Crippen LogP contribution in [-0.2, 0) is 11.2 Å². The van der Waals surface area contributed by atoms with E-state index >= 15 is 0 Å². The summed E-state index contributed by atoms with van der Waals surface area (Å²) in [6, 6.07) is 4.85. The zero-order valence-electron chi connectivity index (χ0n) is 13.1. The summed E-state index contributed by atoms with van der Waals surface area (Å²) in [5, 5.41) is 27.6. The molecule has 0 radical (unpaired) electrons. The van der Waals surface area contributed by atoms with Gasteiger partial charge in [0, 0.05) is 0 Å². The number of rotatable bonds is 4. The number of nitrogens with one attached hydrogen (secondary N) is 1. The molecule has 124 valence electrons. The number of methoxy groups -OCH3 is 1. The van der Waals surface area contributed by atoms with Crippen LogP contribution in [0, 0.1) is 5.41 Å². The van der Waals surface area contributed by atoms with Crippen molar-refractivity contribution < 1.29 is 14.6 Å². The van der Waals surface area contributed by atoms with E-state index in [0.29, 0.717) is 15.7 Å². The van der Waals surface area contributed by atoms with Gasteiger partial charge in [0.2, 0.25) is 0 Å². The molecule has 1 aliphatic rings. The van der Waals surface area contributed by atoms with Crippen LogP contribution in [0.3, 0.4) is 0 Å². The lowest BCUT2D eigenvalue weighted by Gasteiger charge is -2.04. The zero-order valence-corrected chi connectivity index (χ0v) is 14.7. The van der Waals surface area contributed by atoms with Gasteiger partial charge in [0.1, 0.15) is 15.9 Å². The average molecular weight is 361 g/mol. The number of ether oxygens (including phenoxy) is 1. The molecule has 2 heterocycles. The fourth-order valence-corrected chi connectivity index (χ4v) is 4.23. The van der Waals surface area contributed by atoms with Gasteiger partial charge in [0.15, 0.2) is 17.3 Å². The Morgan fingerprint density at radius 3 is 2.88 bits per heavy atom. The summed E-state index contributed by atoms with van der Waals surface area (Å²) in [6.45, 7) is 1.98. The Bertz CT molecular complexity index is 845. The molecular weight excluding hydrogens is 346 g/mol. The van der Waals surface area contributed by atoms with Crippen LogP contribution in [-0.4, -0.2) is 33.2 Å². The number of phenols is 1. The second-order valence-corrected chi connectivity index (χ2v) is 7.27. The van der Waals surface area contributed by atoms with Gasteiger partial charge in [-0.25, -0.2) is 0 Å². The summed E-state index contributed by atoms with van der Waals surface area (Å²) in [6.07, 6.45) is 2.46. The number of hydrogen-bond acceptors (Lipinski definition) is 8. The predicted molar refractivity (Wildman–Crippen MR) is 95.0 cm³/mol. The molecule has 1 aliphatic heterocycles. The van der Waals surface area contributed by atoms with Gasteiger partial charge in [-0.3, -0.25) is 10.2 Å². The molecule has 8 heteroatoms. The quantitative estimate of drug-likeness (QED) is 0.812. The first kappa shape index (κ1) is 16.7. The Hall–Kier alpha value is -2.19. The van der Waals surface area contributed by atoms with E-state index in [-0.39, 0.29) is 16.6 Å². The average Bonchev–Trinajstić information content (AvgIpc) is 3.14. The molecule has 0 bridgehead atoms. The smallest absolute Gasteiger partial charge is 0.186 e. The number of aromatic hydroxyl groups is 1. The normalized spacial score (nSPS) is 19.2. The van der Waals surface area contributed by atoms with Gasteiger partial charge in [-0.1, -0.05) is 24.8 Å². The van der Waals surface area contributed by atoms with Gasteiger partial charge >= 0.3 is 0 Å². The fraction of sp³-hybridized carbons (Fsp3) is 0.250. The van der Waals surface area contributed by atoms with Crippen molar-refractivity contribution in [2.45, 2.75) is 19.3 Å². The molecule has 1 atom stereocenters. The van der Waals surface area contributed by atoms with Gasteiger partial charge in [-0.05, 0) is 30.2 Å². The third-order valence-corrected chi connectivity index (χ3v) is 5.65. The van der Waals surface area contributed by atoms with E-state index in [1.54, 1.807) is 18.2 Å². The molecule has 1 saturated heterocycles. The Balaban J connectivity index is 1.90. The van der Waals surface area contributed by atoms with Crippen LogP contribution >= 0.6 is 23.1 Å². The maximum absolute atomic E-state index is 12.7. The number of benzene rings is 1. The number of aryl methyl sites for hydroxylation is 1. The molecule has 6 nitrogen and oxygen atoms in total. The summed E-state index contributed by atoms with van der Waals surface area (Å²) < 4.78 is 5.07. The molecule has 1 aromatic heterocycles. The van der Waals surface area contributed by atoms with Crippen molar-refractivity contribution in [2.24, 2.45) is 0 Å². The van der Waals surface area contributed by atoms with Crippen molar-refractivity contribution >= 4 is 40.0 Å². The molecule has 2 N–H and O–H groups in total. The molecule has 24 heavy (non-hydrogen) atoms. The highest BCUT2D eigenvalue weighted by atomic mass is 32.2. The van der Waals surface area contributed by atoms with Gasteiger partial charge in [0.05, 0.1) is 17.1 Å². The predicted octanol–water partition coefficient (Wildman–Crippen LogP) is 3.23. The lowest BCUT2D eigenvalue weighted by Crippen LogP contribution is -2.11. The molecule has 1 aromatic carbocycles. The number of aromatic nitrogens is 2. The maximum atomic E-state index is 12.7. The Morgan fingerprint density at radius 2 is 2.21 bits per heavy atom. The topological polar surface area (TPSA) is 96.2 Å². The van der Waals surface area contributed by atoms with E-state index in [1.807, 2.05) is 6.92 Å². The van der Waals surface area contributed by atoms with E-state index in [4.69, 9.17) is 10.1 Å². The van der Waals surface area contributed by atoms with Gasteiger partial charge in [-0.15, -0.1) is 21.5 Å². The summed E-state index contributed by atoms with van der Waals surface area (Å²) >= 11 is 2.51. The lowest BCUT2D eigenvalue weighted by atomic mass is 10.1. The molecule has 0 saturated carbocycles. The summed E-state index contributed by atoms with van der Waals surface area (Å²) in [5.41, 5.74) is 0.723. The first-order valence-electron chi connectivity index (χ1n) is 7.25. The number of allylic oxidation sites excluding steroid dienone is 1. The van der Waals surface area contributed by atoms with Crippen LogP contribution < -0.4 is 4.74 Å². The number of hydrogen-bond donors (Lipinski definition) is 2. The standard InChI is InChI=1S/C16H15N3O3S2/c1-3-12-18-19-16(24-12)13-14(21)11(23-15(13)17)7-8-4-5-9(20)10(6-8)22-2/h4-7,13,17,20H,3H2,1-2H3/b11-7-,17-15?/t13-/m0/s1. The van der Waals surface area contributed by atoms with Crippen LogP contribution in [0.4, 0.5) is 0 Å². The number of carbonyl (C=O) groups is 1. The lowest BCUT2D eigenvalue weighted by molar-refractivity contribution is -0.114. The van der Waals surface area contributed by atoms with E-state index in [0.717, 1.165) is 28.8 Å². The monoisotopic (exact) mass is 361 g/mol. The minimum absolute atomic E-state index is 0.0385. The van der Waals surface area contributed by atoms with E-state index in [2.05, 4.69) is 10.2 Å². The second kappa shape index (κ2) is 6.74. The third-order valence-electron chi connectivity index (χ3n) is 3.52. The highest BCUT2D eigenvalue weighted by molar-refractivity contribution is 8.19. The van der Waals surface area contributed by atoms with Crippen molar-refractivity contribution in [3.63, 3.8) is 0 Å². The van der Waals surface area contributed by atoms with E-state index < -0.39 is 5.92 Å². The second-order valence-electron chi connectivity index (χ2n) is 5.09. The molecule has 2 aromatic rings. The number of ketones is 1. The first-order valence-corrected chi connectivity index (χ1v) is 8.88. The van der Waals surface area contributed by atoms with E-state index in [1.165, 1.54) is 24.5 Å². The van der Waals surface area contributed by atoms with E-state index in [9.17, 15) is 9.90 Å². The summed E-state index contributed by atoms with van der Waals surface area (Å²) in [7, 11) is 1.47. The summed E-state index contributed by atoms with van der Waals surface area (Å²) in [5.74, 6) is -0.423. The van der Waals surface area contributed by atoms with Crippen molar-refractivity contribution in [2.75, 3.05) is 7.11 Å². The first-order chi connectivity index (χ1) is 11.5. The van der Waals surface area contributed by atoms with Gasteiger partial charge in [-0.2, -0.15) is 0 Å². The number of thioether (sulfide) groups is 1. The molecule has 3 rings (SSSR count). The molecule has 0 unspecified atom stereocenters. The highest BCUT2D eigenvalue weighted by Gasteiger charge is 2.39. The largest absolute Gasteiger partial charge is 0.504 e. The molecular formula is C16H15N3O3S2. The SMILES string of the molecule is CCc1nnc([C@@H]2C(=N)S/C(=C\c3ccc(O)c(OC)c3)C2=O)s1. The molecule has 0 spiro atoms. The minimum atomic E-state index is -0.655. The van der Waals surface area contributed by atoms with Crippen LogP contribution in [0.25, 0.3) is 6.08 Å². The van der Waals surface area contributed by atoms with Crippen molar-refractivity contribution in [3.8, 4) is 11.5 Å². The van der Waals surface area contributed by atoms with Gasteiger partial charge < -0.3 is 9.84 Å². The number of nitrogens with zero attached hydrogens (tertiary/aromatic N) is 2. The number of carbonyl (C=O) groups excluding carboxylic acids is 1. The van der Waals surface area contributed by atoms with Crippen molar-refractivity contribution in [3.05, 3.63) is 38.7 Å². The van der Waals surface area contributed by atoms with Gasteiger partial charge in [0.25, 0.3) is 0 Å². The van der Waals surface area contributed by atoms with Crippen LogP contribution in [0.1, 0.15) is 28.4 Å². The van der Waals surface area contributed by atoms with Crippen LogP contribution in [0.2, 0.25) is 0 Å². The number of phenolic OH excluding ortho intramolecular Hbond substituents is 1. The Labute approximate surface area is 147 Å². The minimum Gasteiger partial charge on any atom is -0.504 e. The van der Waals surface area contributed by atoms with Crippen molar-refractivity contribution in [1.29, 1.82) is 5.41 Å². The number of Topliss-reactive ketones (excluding diaryl/α,β-unsaturated/α-hetero) is 1. The maximum Gasteiger partial charge on any atom is 0.186 e. The zero-order chi connectivity index (χ0) is 17.3. The Morgan fingerprint density at radius 1 is 1.42 bits per heavy atom. The highest BCUT2D eigenvalue weighted by Crippen LogP contribution is 2.41. The molecule has 1 fully saturated rings. The fourth-order valence-electron chi connectivity index (χ4n) is 2.28. The summed E-state index contributed by atoms with van der Waals surface area (Å²) in [4.78, 5) is 13.1. The third kappa shape index (κ3) is 3.07. The Kier molecular flexibility index (Phi) is 4.68. The van der Waals surface area contributed by atoms with Crippen LogP contribution in [0.5, 0.6) is 11.5 Å².